The van der Waals surface area contributed by atoms with Gasteiger partial charge in [0.05, 0.1) is 19.1 Å². The lowest BCUT2D eigenvalue weighted by molar-refractivity contribution is 0.0393. The molecule has 1 aromatic heterocycles. The van der Waals surface area contributed by atoms with Crippen LogP contribution in [0, 0.1) is 0 Å². The average Bonchev–Trinajstić information content (AvgIpc) is 3.39. The zero-order chi connectivity index (χ0) is 23.5. The molecule has 0 radical (unpaired) electrons. The lowest BCUT2D eigenvalue weighted by Gasteiger charge is -2.40. The van der Waals surface area contributed by atoms with Gasteiger partial charge in [-0.15, -0.1) is 0 Å². The Balaban J connectivity index is 1.40. The smallest absolute Gasteiger partial charge is 0.320 e. The predicted molar refractivity (Wildman–Crippen MR) is 132 cm³/mol. The van der Waals surface area contributed by atoms with Crippen LogP contribution in [-0.2, 0) is 11.2 Å². The topological polar surface area (TPSA) is 58.8 Å². The van der Waals surface area contributed by atoms with Gasteiger partial charge in [-0.3, -0.25) is 0 Å². The van der Waals surface area contributed by atoms with Crippen molar-refractivity contribution in [1.29, 1.82) is 0 Å². The van der Waals surface area contributed by atoms with Crippen LogP contribution in [0.1, 0.15) is 42.2 Å². The van der Waals surface area contributed by atoms with E-state index in [1.54, 1.807) is 6.26 Å². The molecular formula is C27H30ClN3O3. The Morgan fingerprint density at radius 3 is 2.41 bits per heavy atom. The summed E-state index contributed by atoms with van der Waals surface area (Å²) in [7, 11) is 0. The summed E-state index contributed by atoms with van der Waals surface area (Å²) in [5.41, 5.74) is 4.32. The first-order valence-corrected chi connectivity index (χ1v) is 12.4. The second-order valence-corrected chi connectivity index (χ2v) is 9.53. The summed E-state index contributed by atoms with van der Waals surface area (Å²) in [4.78, 5) is 22.1. The summed E-state index contributed by atoms with van der Waals surface area (Å²) >= 11 is 6.04. The first-order valence-electron chi connectivity index (χ1n) is 12.0. The molecule has 2 aliphatic rings. The van der Waals surface area contributed by atoms with Crippen molar-refractivity contribution in [1.82, 2.24) is 14.8 Å². The fraction of sp³-hybridized carbons (Fsp3) is 0.407. The fourth-order valence-electron chi connectivity index (χ4n) is 4.88. The molecule has 7 heteroatoms. The first kappa shape index (κ1) is 22.9. The lowest BCUT2D eigenvalue weighted by atomic mass is 9.84. The van der Waals surface area contributed by atoms with Gasteiger partial charge in [0.2, 0.25) is 0 Å². The third-order valence-corrected chi connectivity index (χ3v) is 7.13. The van der Waals surface area contributed by atoms with Gasteiger partial charge in [0, 0.05) is 42.7 Å². The van der Waals surface area contributed by atoms with Crippen LogP contribution in [0.4, 0.5) is 4.79 Å². The monoisotopic (exact) mass is 479 g/mol. The van der Waals surface area contributed by atoms with Gasteiger partial charge in [-0.2, -0.15) is 0 Å². The minimum absolute atomic E-state index is 0.0237. The van der Waals surface area contributed by atoms with Crippen LogP contribution in [0.3, 0.4) is 0 Å². The zero-order valence-electron chi connectivity index (χ0n) is 19.5. The number of aromatic nitrogens is 1. The van der Waals surface area contributed by atoms with E-state index in [0.717, 1.165) is 24.1 Å². The van der Waals surface area contributed by atoms with Gasteiger partial charge in [0.25, 0.3) is 0 Å². The van der Waals surface area contributed by atoms with Crippen molar-refractivity contribution in [2.75, 3.05) is 39.4 Å². The Bertz CT molecular complexity index is 1110. The largest absolute Gasteiger partial charge is 0.448 e. The number of hydrogen-bond acceptors (Lipinski definition) is 4. The number of ether oxygens (including phenoxy) is 1. The Morgan fingerprint density at radius 1 is 1.00 bits per heavy atom. The molecule has 0 N–H and O–H groups in total. The fourth-order valence-corrected chi connectivity index (χ4v) is 5.01. The van der Waals surface area contributed by atoms with Crippen LogP contribution in [0.5, 0.6) is 0 Å². The predicted octanol–water partition coefficient (Wildman–Crippen LogP) is 5.58. The summed E-state index contributed by atoms with van der Waals surface area (Å²) in [5.74, 6) is 0.927. The maximum absolute atomic E-state index is 13.4. The van der Waals surface area contributed by atoms with Crippen molar-refractivity contribution in [2.24, 2.45) is 0 Å². The number of urea groups is 1. The number of amides is 2. The molecule has 178 valence electrons. The number of piperidine rings is 1. The minimum Gasteiger partial charge on any atom is -0.448 e. The zero-order valence-corrected chi connectivity index (χ0v) is 20.2. The van der Waals surface area contributed by atoms with Crippen molar-refractivity contribution in [3.8, 4) is 11.3 Å². The molecule has 0 spiro atoms. The number of oxazole rings is 1. The van der Waals surface area contributed by atoms with Gasteiger partial charge in [-0.1, -0.05) is 54.9 Å². The summed E-state index contributed by atoms with van der Waals surface area (Å²) in [6, 6.07) is 16.5. The van der Waals surface area contributed by atoms with E-state index in [0.29, 0.717) is 50.3 Å². The molecule has 2 amide bonds. The number of hydrogen-bond donors (Lipinski definition) is 0. The third-order valence-electron chi connectivity index (χ3n) is 6.87. The van der Waals surface area contributed by atoms with E-state index in [1.165, 1.54) is 11.1 Å². The number of carbonyl (C=O) groups excluding carboxylic acids is 1. The Hall–Kier alpha value is -2.83. The highest BCUT2D eigenvalue weighted by atomic mass is 35.5. The number of carbonyl (C=O) groups is 1. The second-order valence-electron chi connectivity index (χ2n) is 9.09. The normalized spacial score (nSPS) is 21.0. The molecule has 3 aromatic rings. The highest BCUT2D eigenvalue weighted by molar-refractivity contribution is 6.30. The third kappa shape index (κ3) is 4.98. The van der Waals surface area contributed by atoms with Crippen molar-refractivity contribution in [3.05, 3.63) is 76.8 Å². The molecule has 6 nitrogen and oxygen atoms in total. The number of aryl methyl sites for hydroxylation is 1. The maximum Gasteiger partial charge on any atom is 0.320 e. The standard InChI is InChI=1S/C27H30ClN3O3/c1-2-19-3-5-20(6-4-19)22-15-23(17-31(16-22)27(32)30-11-13-33-14-12-30)26-29-25(18-34-26)21-7-9-24(28)10-8-21/h3-10,18,22-23H,2,11-17H2,1H3. The van der Waals surface area contributed by atoms with Crippen molar-refractivity contribution in [3.63, 3.8) is 0 Å². The van der Waals surface area contributed by atoms with Crippen LogP contribution >= 0.6 is 11.6 Å². The molecule has 3 heterocycles. The van der Waals surface area contributed by atoms with Gasteiger partial charge >= 0.3 is 6.03 Å². The summed E-state index contributed by atoms with van der Waals surface area (Å²) in [5, 5.41) is 0.689. The van der Waals surface area contributed by atoms with E-state index in [4.69, 9.17) is 25.7 Å². The molecule has 0 bridgehead atoms. The van der Waals surface area contributed by atoms with E-state index >= 15 is 0 Å². The van der Waals surface area contributed by atoms with E-state index < -0.39 is 0 Å². The van der Waals surface area contributed by atoms with Gasteiger partial charge in [-0.25, -0.2) is 9.78 Å². The average molecular weight is 480 g/mol. The van der Waals surface area contributed by atoms with Gasteiger partial charge in [0.15, 0.2) is 5.89 Å². The van der Waals surface area contributed by atoms with Crippen molar-refractivity contribution < 1.29 is 13.9 Å². The van der Waals surface area contributed by atoms with E-state index in [9.17, 15) is 4.79 Å². The first-order chi connectivity index (χ1) is 16.6. The number of morpholine rings is 1. The van der Waals surface area contributed by atoms with Crippen LogP contribution < -0.4 is 0 Å². The van der Waals surface area contributed by atoms with Gasteiger partial charge in [0.1, 0.15) is 12.0 Å². The molecule has 2 atom stereocenters. The molecule has 2 saturated heterocycles. The molecular weight excluding hydrogens is 450 g/mol. The minimum atomic E-state index is 0.0237. The molecule has 2 aromatic carbocycles. The highest BCUT2D eigenvalue weighted by Gasteiger charge is 2.36. The van der Waals surface area contributed by atoms with Crippen molar-refractivity contribution >= 4 is 17.6 Å². The molecule has 2 unspecified atom stereocenters. The Labute approximate surface area is 205 Å². The summed E-state index contributed by atoms with van der Waals surface area (Å²) in [6.07, 6.45) is 3.60. The van der Waals surface area contributed by atoms with Crippen LogP contribution in [0.25, 0.3) is 11.3 Å². The van der Waals surface area contributed by atoms with E-state index in [-0.39, 0.29) is 17.9 Å². The maximum atomic E-state index is 13.4. The van der Waals surface area contributed by atoms with Crippen molar-refractivity contribution in [2.45, 2.75) is 31.6 Å². The summed E-state index contributed by atoms with van der Waals surface area (Å²) in [6.45, 7) is 5.91. The molecule has 2 fully saturated rings. The quantitative estimate of drug-likeness (QED) is 0.490. The molecule has 0 aliphatic carbocycles. The summed E-state index contributed by atoms with van der Waals surface area (Å²) < 4.78 is 11.4. The molecule has 5 rings (SSSR count). The number of benzene rings is 2. The van der Waals surface area contributed by atoms with Crippen LogP contribution in [0.15, 0.2) is 59.2 Å². The SMILES string of the molecule is CCc1ccc(C2CC(c3nc(-c4ccc(Cl)cc4)co3)CN(C(=O)N3CCOCC3)C2)cc1. The number of nitrogens with zero attached hydrogens (tertiary/aromatic N) is 3. The van der Waals surface area contributed by atoms with E-state index in [2.05, 4.69) is 31.2 Å². The van der Waals surface area contributed by atoms with E-state index in [1.807, 2.05) is 34.1 Å². The van der Waals surface area contributed by atoms with Crippen LogP contribution in [-0.4, -0.2) is 60.2 Å². The lowest BCUT2D eigenvalue weighted by Crippen LogP contribution is -2.52. The van der Waals surface area contributed by atoms with Crippen LogP contribution in [0.2, 0.25) is 5.02 Å². The molecule has 2 aliphatic heterocycles. The van der Waals surface area contributed by atoms with Gasteiger partial charge in [-0.05, 0) is 36.1 Å². The van der Waals surface area contributed by atoms with Gasteiger partial charge < -0.3 is 19.0 Å². The molecule has 34 heavy (non-hydrogen) atoms. The second kappa shape index (κ2) is 10.2. The molecule has 0 saturated carbocycles. The number of likely N-dealkylation sites (tertiary alicyclic amines) is 1. The Morgan fingerprint density at radius 2 is 1.71 bits per heavy atom. The number of rotatable bonds is 4. The number of halogens is 1. The Kier molecular flexibility index (Phi) is 6.88. The highest BCUT2D eigenvalue weighted by Crippen LogP contribution is 2.37.